The number of methoxy groups -OCH3 is 5. The molecule has 3 aromatic rings. The molecular formula is C26H27BrO6. The molecule has 0 bridgehead atoms. The molecule has 0 amide bonds. The second-order valence-electron chi connectivity index (χ2n) is 7.14. The van der Waals surface area contributed by atoms with Gasteiger partial charge in [-0.2, -0.15) is 0 Å². The Bertz CT molecular complexity index is 1100. The normalized spacial score (nSPS) is 12.4. The van der Waals surface area contributed by atoms with Crippen LogP contribution in [-0.4, -0.2) is 46.2 Å². The van der Waals surface area contributed by atoms with Crippen LogP contribution in [0.5, 0.6) is 28.7 Å². The highest BCUT2D eigenvalue weighted by Gasteiger charge is 2.34. The minimum Gasteiger partial charge on any atom is -0.497 e. The maximum absolute atomic E-state index is 13.7. The first kappa shape index (κ1) is 24.5. The molecule has 0 spiro atoms. The second kappa shape index (κ2) is 11.1. The van der Waals surface area contributed by atoms with Crippen LogP contribution < -0.4 is 23.7 Å². The number of halogens is 1. The minimum absolute atomic E-state index is 0.120. The highest BCUT2D eigenvalue weighted by atomic mass is 79.9. The summed E-state index contributed by atoms with van der Waals surface area (Å²) in [5.74, 6) is 2.19. The lowest BCUT2D eigenvalue weighted by molar-refractivity contribution is 0.0983. The van der Waals surface area contributed by atoms with Crippen LogP contribution in [0.4, 0.5) is 0 Å². The van der Waals surface area contributed by atoms with E-state index in [1.54, 1.807) is 53.7 Å². The summed E-state index contributed by atoms with van der Waals surface area (Å²) in [5.41, 5.74) is 2.15. The zero-order valence-electron chi connectivity index (χ0n) is 19.3. The molecule has 0 aliphatic heterocycles. The van der Waals surface area contributed by atoms with Crippen molar-refractivity contribution in [3.63, 3.8) is 0 Å². The fourth-order valence-corrected chi connectivity index (χ4v) is 4.67. The number of carbonyl (C=O) groups excluding carboxylic acids is 1. The molecule has 0 saturated heterocycles. The van der Waals surface area contributed by atoms with Gasteiger partial charge in [-0.05, 0) is 35.9 Å². The summed E-state index contributed by atoms with van der Waals surface area (Å²) >= 11 is 3.70. The highest BCUT2D eigenvalue weighted by molar-refractivity contribution is 9.10. The number of benzene rings is 3. The fourth-order valence-electron chi connectivity index (χ4n) is 3.83. The first-order valence-corrected chi connectivity index (χ1v) is 11.2. The van der Waals surface area contributed by atoms with Crippen LogP contribution in [0.25, 0.3) is 0 Å². The monoisotopic (exact) mass is 514 g/mol. The van der Waals surface area contributed by atoms with Gasteiger partial charge >= 0.3 is 0 Å². The number of alkyl halides is 1. The van der Waals surface area contributed by atoms with Crippen molar-refractivity contribution in [2.24, 2.45) is 0 Å². The maximum Gasteiger partial charge on any atom is 0.203 e. The van der Waals surface area contributed by atoms with Crippen LogP contribution in [0.2, 0.25) is 0 Å². The van der Waals surface area contributed by atoms with Crippen LogP contribution in [0.1, 0.15) is 27.4 Å². The van der Waals surface area contributed by atoms with Gasteiger partial charge in [0, 0.05) is 11.5 Å². The molecule has 0 saturated carbocycles. The Morgan fingerprint density at radius 1 is 0.697 bits per heavy atom. The second-order valence-corrected chi connectivity index (χ2v) is 8.13. The predicted octanol–water partition coefficient (Wildman–Crippen LogP) is 5.51. The molecule has 3 rings (SSSR count). The average Bonchev–Trinajstić information content (AvgIpc) is 2.88. The zero-order chi connectivity index (χ0) is 24.0. The summed E-state index contributed by atoms with van der Waals surface area (Å²) < 4.78 is 27.5. The standard InChI is InChI=1S/C26H27BrO6/c1-29-17-12-10-16(11-13-17)22(19-14-15-21(31-3)26(33-5)25(19)32-4)23(27)24(28)18-8-6-7-9-20(18)30-2/h6-15,22-23H,1-5H3/t22-,23+/m1/s1. The van der Waals surface area contributed by atoms with Crippen molar-refractivity contribution >= 4 is 21.7 Å². The maximum atomic E-state index is 13.7. The molecule has 0 aromatic heterocycles. The van der Waals surface area contributed by atoms with E-state index in [4.69, 9.17) is 23.7 Å². The van der Waals surface area contributed by atoms with E-state index < -0.39 is 10.7 Å². The number of para-hydroxylation sites is 1. The number of ether oxygens (including phenoxy) is 5. The molecule has 0 aliphatic carbocycles. The summed E-state index contributed by atoms with van der Waals surface area (Å²) in [6.45, 7) is 0. The molecule has 0 N–H and O–H groups in total. The highest BCUT2D eigenvalue weighted by Crippen LogP contribution is 2.47. The predicted molar refractivity (Wildman–Crippen MR) is 131 cm³/mol. The molecule has 2 atom stereocenters. The van der Waals surface area contributed by atoms with E-state index in [0.29, 0.717) is 28.6 Å². The van der Waals surface area contributed by atoms with E-state index in [1.807, 2.05) is 42.5 Å². The molecule has 0 radical (unpaired) electrons. The van der Waals surface area contributed by atoms with E-state index >= 15 is 0 Å². The molecule has 0 unspecified atom stereocenters. The van der Waals surface area contributed by atoms with Crippen LogP contribution in [-0.2, 0) is 0 Å². The smallest absolute Gasteiger partial charge is 0.203 e. The lowest BCUT2D eigenvalue weighted by Crippen LogP contribution is -2.25. The van der Waals surface area contributed by atoms with Crippen molar-refractivity contribution in [2.75, 3.05) is 35.5 Å². The van der Waals surface area contributed by atoms with Crippen molar-refractivity contribution in [1.29, 1.82) is 0 Å². The Hall–Kier alpha value is -3.19. The first-order chi connectivity index (χ1) is 16.0. The van der Waals surface area contributed by atoms with E-state index in [0.717, 1.165) is 16.9 Å². The molecule has 0 heterocycles. The van der Waals surface area contributed by atoms with E-state index in [-0.39, 0.29) is 5.78 Å². The molecular weight excluding hydrogens is 488 g/mol. The lowest BCUT2D eigenvalue weighted by Gasteiger charge is -2.26. The van der Waals surface area contributed by atoms with Crippen molar-refractivity contribution in [3.05, 3.63) is 77.4 Å². The average molecular weight is 515 g/mol. The van der Waals surface area contributed by atoms with Crippen LogP contribution in [0.3, 0.4) is 0 Å². The van der Waals surface area contributed by atoms with Gasteiger partial charge in [0.15, 0.2) is 17.3 Å². The van der Waals surface area contributed by atoms with Crippen LogP contribution in [0.15, 0.2) is 60.7 Å². The Labute approximate surface area is 202 Å². The third-order valence-electron chi connectivity index (χ3n) is 5.46. The van der Waals surface area contributed by atoms with Gasteiger partial charge in [0.25, 0.3) is 0 Å². The van der Waals surface area contributed by atoms with Gasteiger partial charge in [-0.1, -0.05) is 46.3 Å². The SMILES string of the molecule is COc1ccc([C@H](c2ccc(OC)c(OC)c2OC)[C@H](Br)C(=O)c2ccccc2OC)cc1. The van der Waals surface area contributed by atoms with Crippen LogP contribution >= 0.6 is 15.9 Å². The number of rotatable bonds is 10. The molecule has 0 aliphatic rings. The molecule has 3 aromatic carbocycles. The Balaban J connectivity index is 2.20. The molecule has 0 fully saturated rings. The van der Waals surface area contributed by atoms with Crippen LogP contribution in [0, 0.1) is 0 Å². The number of carbonyl (C=O) groups is 1. The Kier molecular flexibility index (Phi) is 8.22. The summed E-state index contributed by atoms with van der Waals surface area (Å²) in [6.07, 6.45) is 0. The molecule has 6 nitrogen and oxygen atoms in total. The zero-order valence-corrected chi connectivity index (χ0v) is 20.8. The largest absolute Gasteiger partial charge is 0.497 e. The van der Waals surface area contributed by atoms with Crippen molar-refractivity contribution in [1.82, 2.24) is 0 Å². The minimum atomic E-state index is -0.630. The third kappa shape index (κ3) is 4.93. The van der Waals surface area contributed by atoms with E-state index in [9.17, 15) is 4.79 Å². The topological polar surface area (TPSA) is 63.2 Å². The summed E-state index contributed by atoms with van der Waals surface area (Å²) in [4.78, 5) is 13.0. The lowest BCUT2D eigenvalue weighted by atomic mass is 9.84. The van der Waals surface area contributed by atoms with Gasteiger partial charge in [-0.25, -0.2) is 0 Å². The number of Topliss-reactive ketones (excluding diaryl/α,β-unsaturated/α-hetero) is 1. The summed E-state index contributed by atoms with van der Waals surface area (Å²) in [7, 11) is 7.85. The van der Waals surface area contributed by atoms with Gasteiger partial charge < -0.3 is 23.7 Å². The Morgan fingerprint density at radius 3 is 1.91 bits per heavy atom. The number of hydrogen-bond acceptors (Lipinski definition) is 6. The van der Waals surface area contributed by atoms with Crippen molar-refractivity contribution < 1.29 is 28.5 Å². The molecule has 33 heavy (non-hydrogen) atoms. The Morgan fingerprint density at radius 2 is 1.33 bits per heavy atom. The number of hydrogen-bond donors (Lipinski definition) is 0. The van der Waals surface area contributed by atoms with E-state index in [2.05, 4.69) is 15.9 Å². The number of ketones is 1. The summed E-state index contributed by atoms with van der Waals surface area (Å²) in [6, 6.07) is 18.5. The molecule has 7 heteroatoms. The van der Waals surface area contributed by atoms with Crippen molar-refractivity contribution in [3.8, 4) is 28.7 Å². The van der Waals surface area contributed by atoms with E-state index in [1.165, 1.54) is 0 Å². The van der Waals surface area contributed by atoms with Gasteiger partial charge in [-0.15, -0.1) is 0 Å². The third-order valence-corrected chi connectivity index (χ3v) is 6.40. The van der Waals surface area contributed by atoms with Crippen molar-refractivity contribution in [2.45, 2.75) is 10.7 Å². The van der Waals surface area contributed by atoms with Gasteiger partial charge in [-0.3, -0.25) is 4.79 Å². The van der Waals surface area contributed by atoms with Gasteiger partial charge in [0.05, 0.1) is 45.9 Å². The molecule has 174 valence electrons. The first-order valence-electron chi connectivity index (χ1n) is 10.2. The van der Waals surface area contributed by atoms with Gasteiger partial charge in [0.2, 0.25) is 5.75 Å². The fraction of sp³-hybridized carbons (Fsp3) is 0.269. The quantitative estimate of drug-likeness (QED) is 0.262. The van der Waals surface area contributed by atoms with Gasteiger partial charge in [0.1, 0.15) is 11.5 Å². The summed E-state index contributed by atoms with van der Waals surface area (Å²) in [5, 5.41) is 0.